The lowest BCUT2D eigenvalue weighted by atomic mass is 9.55. The van der Waals surface area contributed by atoms with Crippen molar-refractivity contribution in [1.82, 2.24) is 0 Å². The average Bonchev–Trinajstić information content (AvgIpc) is 3.14. The summed E-state index contributed by atoms with van der Waals surface area (Å²) >= 11 is 0. The molecule has 16 saturated carbocycles. The van der Waals surface area contributed by atoms with Gasteiger partial charge in [0.25, 0.3) is 0 Å². The van der Waals surface area contributed by atoms with Crippen molar-refractivity contribution in [2.75, 3.05) is 0 Å². The summed E-state index contributed by atoms with van der Waals surface area (Å²) in [5.74, 6) is 13.0. The fourth-order valence-corrected chi connectivity index (χ4v) is 31.7. The van der Waals surface area contributed by atoms with Crippen molar-refractivity contribution >= 4 is 15.8 Å². The van der Waals surface area contributed by atoms with Gasteiger partial charge in [0.05, 0.1) is 0 Å². The van der Waals surface area contributed by atoms with E-state index in [0.717, 1.165) is 81.3 Å². The van der Waals surface area contributed by atoms with Crippen LogP contribution in [-0.2, 0) is 12.3 Å². The first-order valence-corrected chi connectivity index (χ1v) is 28.1. The molecule has 0 unspecified atom stereocenters. The Morgan fingerprint density at radius 1 is 0.321 bits per heavy atom. The fourth-order valence-electron chi connectivity index (χ4n) is 21.3. The molecule has 2 aromatic carbocycles. The molecular weight excluding hydrogens is 711 g/mol. The van der Waals surface area contributed by atoms with Gasteiger partial charge in [-0.2, -0.15) is 0 Å². The van der Waals surface area contributed by atoms with Crippen molar-refractivity contribution in [3.8, 4) is 11.1 Å². The van der Waals surface area contributed by atoms with Gasteiger partial charge in [-0.3, -0.25) is 0 Å². The summed E-state index contributed by atoms with van der Waals surface area (Å²) in [6.45, 7) is 0. The smallest absolute Gasteiger partial charge is 0.00600 e. The summed E-state index contributed by atoms with van der Waals surface area (Å²) in [5, 5.41) is 2.85. The van der Waals surface area contributed by atoms with Crippen molar-refractivity contribution in [3.63, 3.8) is 0 Å². The Morgan fingerprint density at radius 3 is 0.911 bits per heavy atom. The van der Waals surface area contributed by atoms with Gasteiger partial charge in [0.1, 0.15) is 0 Å². The molecule has 0 N–H and O–H groups in total. The molecule has 16 fully saturated rings. The molecule has 0 nitrogen and oxygen atoms in total. The summed E-state index contributed by atoms with van der Waals surface area (Å²) in [7, 11) is -0.0916. The number of rotatable bonds is 9. The Morgan fingerprint density at radius 2 is 0.607 bits per heavy atom. The predicted octanol–water partition coefficient (Wildman–Crippen LogP) is 15.2. The Labute approximate surface area is 343 Å². The monoisotopic (exact) mass is 783 g/mol. The van der Waals surface area contributed by atoms with Gasteiger partial charge in [0.2, 0.25) is 0 Å². The van der Waals surface area contributed by atoms with Crippen molar-refractivity contribution in [2.45, 2.75) is 187 Å². The molecule has 16 aliphatic rings. The first kappa shape index (κ1) is 35.0. The third-order valence-electron chi connectivity index (χ3n) is 21.3. The van der Waals surface area contributed by atoms with Gasteiger partial charge in [0.15, 0.2) is 0 Å². The highest BCUT2D eigenvalue weighted by atomic mass is 31.1. The first-order valence-electron chi connectivity index (χ1n) is 25.1. The highest BCUT2D eigenvalue weighted by Gasteiger charge is 2.64. The van der Waals surface area contributed by atoms with Gasteiger partial charge < -0.3 is 0 Å². The van der Waals surface area contributed by atoms with Crippen molar-refractivity contribution in [2.24, 2.45) is 71.0 Å². The van der Waals surface area contributed by atoms with Crippen LogP contribution >= 0.6 is 15.8 Å². The maximum atomic E-state index is 2.90. The van der Waals surface area contributed by atoms with Crippen LogP contribution in [0.1, 0.15) is 165 Å². The zero-order valence-corrected chi connectivity index (χ0v) is 36.6. The fraction of sp³-hybridized carbons (Fsp3) is 0.778. The maximum absolute atomic E-state index is 2.90. The summed E-state index contributed by atoms with van der Waals surface area (Å²) in [5.41, 5.74) is 6.86. The standard InChI is InChI=1S/C54H72P2/c1-2-4-47(5-3-1)48-6-7-49(33-55(51-21-35-8-36(22-51)10-37(9-35)23-51)52-24-38-11-39(25-52)13-40(12-38)26-52)50(20-48)34-56(53-27-41-14-42(28-53)16-43(15-41)29-53)54-30-44-17-45(31-54)19-46(18-44)32-54/h1-7,20,35-46H,8-19,21-34H2. The molecule has 0 heterocycles. The normalized spacial score (nSPS) is 51.9. The van der Waals surface area contributed by atoms with Gasteiger partial charge in [-0.25, -0.2) is 0 Å². The third kappa shape index (κ3) is 5.40. The summed E-state index contributed by atoms with van der Waals surface area (Å²) in [6.07, 6.45) is 42.1. The van der Waals surface area contributed by atoms with Crippen LogP contribution in [0.15, 0.2) is 48.5 Å². The molecule has 2 heteroatoms. The van der Waals surface area contributed by atoms with Crippen LogP contribution in [0.2, 0.25) is 0 Å². The van der Waals surface area contributed by atoms with Crippen LogP contribution in [-0.4, -0.2) is 20.6 Å². The lowest BCUT2D eigenvalue weighted by Gasteiger charge is -2.68. The molecule has 298 valence electrons. The highest BCUT2D eigenvalue weighted by Crippen LogP contribution is 2.82. The minimum Gasteiger partial charge on any atom is -0.0894 e. The summed E-state index contributed by atoms with van der Waals surface area (Å²) in [4.78, 5) is 0. The Hall–Kier alpha value is -0.700. The van der Waals surface area contributed by atoms with Gasteiger partial charge in [-0.1, -0.05) is 64.4 Å². The molecule has 56 heavy (non-hydrogen) atoms. The molecule has 0 aromatic heterocycles. The van der Waals surface area contributed by atoms with E-state index in [1.54, 1.807) is 160 Å². The van der Waals surface area contributed by atoms with Crippen LogP contribution in [0.25, 0.3) is 11.1 Å². The molecule has 0 saturated heterocycles. The van der Waals surface area contributed by atoms with E-state index in [4.69, 9.17) is 0 Å². The van der Waals surface area contributed by atoms with Crippen LogP contribution in [0.5, 0.6) is 0 Å². The molecule has 16 aliphatic carbocycles. The maximum Gasteiger partial charge on any atom is -0.00600 e. The van der Waals surface area contributed by atoms with E-state index >= 15 is 0 Å². The second-order valence-corrected chi connectivity index (χ2v) is 31.2. The third-order valence-corrected chi connectivity index (χ3v) is 29.4. The molecule has 0 spiro atoms. The number of benzene rings is 2. The van der Waals surface area contributed by atoms with Crippen molar-refractivity contribution in [1.29, 1.82) is 0 Å². The van der Waals surface area contributed by atoms with E-state index in [1.165, 1.54) is 17.9 Å². The lowest BCUT2D eigenvalue weighted by molar-refractivity contribution is 0.0180. The first-order chi connectivity index (χ1) is 27.3. The molecule has 0 amide bonds. The molecule has 18 rings (SSSR count). The molecular formula is C54H72P2. The van der Waals surface area contributed by atoms with Crippen molar-refractivity contribution < 1.29 is 0 Å². The predicted molar refractivity (Wildman–Crippen MR) is 237 cm³/mol. The van der Waals surface area contributed by atoms with Gasteiger partial charge in [-0.15, -0.1) is 0 Å². The van der Waals surface area contributed by atoms with Crippen molar-refractivity contribution in [3.05, 3.63) is 59.7 Å². The molecule has 16 bridgehead atoms. The quantitative estimate of drug-likeness (QED) is 0.222. The second-order valence-electron chi connectivity index (χ2n) is 25.1. The second kappa shape index (κ2) is 12.5. The van der Waals surface area contributed by atoms with Crippen LogP contribution in [0.3, 0.4) is 0 Å². The Balaban J connectivity index is 0.911. The largest absolute Gasteiger partial charge is 0.0894 e. The minimum atomic E-state index is -0.0545. The SMILES string of the molecule is c1ccc(-c2ccc(CP(C34CC5CC(CC(C5)C3)C4)C34CC5CC(CC(C5)C3)C4)c(CP(C34CC5CC(CC(C5)C3)C4)C34CC5CC(CC(C5)C3)C4)c2)cc1. The molecule has 0 aliphatic heterocycles. The topological polar surface area (TPSA) is 0 Å². The Bertz CT molecular complexity index is 1640. The van der Waals surface area contributed by atoms with E-state index < -0.39 is 0 Å². The van der Waals surface area contributed by atoms with Gasteiger partial charge >= 0.3 is 0 Å². The molecule has 0 radical (unpaired) electrons. The van der Waals surface area contributed by atoms with Gasteiger partial charge in [0, 0.05) is 0 Å². The highest BCUT2D eigenvalue weighted by molar-refractivity contribution is 7.60. The zero-order chi connectivity index (χ0) is 36.4. The van der Waals surface area contributed by atoms with E-state index in [1.807, 2.05) is 11.1 Å². The molecule has 2 aromatic rings. The Kier molecular flexibility index (Phi) is 7.77. The summed E-state index contributed by atoms with van der Waals surface area (Å²) < 4.78 is 0. The number of hydrogen-bond donors (Lipinski definition) is 0. The van der Waals surface area contributed by atoms with Crippen LogP contribution in [0.4, 0.5) is 0 Å². The van der Waals surface area contributed by atoms with Crippen LogP contribution in [0, 0.1) is 71.0 Å². The average molecular weight is 783 g/mol. The molecule has 0 atom stereocenters. The van der Waals surface area contributed by atoms with Crippen LogP contribution < -0.4 is 0 Å². The van der Waals surface area contributed by atoms with E-state index in [9.17, 15) is 0 Å². The zero-order valence-electron chi connectivity index (χ0n) is 34.8. The minimum absolute atomic E-state index is 0.0371. The van der Waals surface area contributed by atoms with Gasteiger partial charge in [-0.05, 0) is 280 Å². The summed E-state index contributed by atoms with van der Waals surface area (Å²) in [6, 6.07) is 20.1. The van der Waals surface area contributed by atoms with E-state index in [2.05, 4.69) is 48.5 Å². The van der Waals surface area contributed by atoms with E-state index in [-0.39, 0.29) is 15.8 Å². The van der Waals surface area contributed by atoms with E-state index in [0.29, 0.717) is 10.3 Å². The lowest BCUT2D eigenvalue weighted by Crippen LogP contribution is -2.57. The number of hydrogen-bond acceptors (Lipinski definition) is 0.